The van der Waals surface area contributed by atoms with E-state index in [-0.39, 0.29) is 35.5 Å². The van der Waals surface area contributed by atoms with E-state index in [4.69, 9.17) is 4.74 Å². The maximum absolute atomic E-state index is 12.5. The van der Waals surface area contributed by atoms with Crippen molar-refractivity contribution in [1.82, 2.24) is 5.01 Å². The number of fused-ring (bicyclic) bond motifs is 5. The minimum Gasteiger partial charge on any atom is -0.427 e. The van der Waals surface area contributed by atoms with Crippen LogP contribution in [0.5, 0.6) is 5.75 Å². The van der Waals surface area contributed by atoms with Crippen LogP contribution in [0.25, 0.3) is 0 Å². The van der Waals surface area contributed by atoms with Gasteiger partial charge >= 0.3 is 5.97 Å². The molecule has 0 N–H and O–H groups in total. The molecule has 1 aromatic carbocycles. The van der Waals surface area contributed by atoms with E-state index in [2.05, 4.69) is 5.10 Å². The first-order valence-electron chi connectivity index (χ1n) is 7.93. The number of rotatable bonds is 3. The molecule has 1 aromatic rings. The van der Waals surface area contributed by atoms with Crippen molar-refractivity contribution in [3.05, 3.63) is 42.0 Å². The lowest BCUT2D eigenvalue weighted by atomic mass is 9.85. The lowest BCUT2D eigenvalue weighted by molar-refractivity contribution is -0.140. The van der Waals surface area contributed by atoms with Gasteiger partial charge in [0.2, 0.25) is 0 Å². The molecule has 2 fully saturated rings. The van der Waals surface area contributed by atoms with Crippen molar-refractivity contribution < 1.29 is 19.1 Å². The van der Waals surface area contributed by atoms with Crippen molar-refractivity contribution in [2.24, 2.45) is 28.8 Å². The van der Waals surface area contributed by atoms with E-state index < -0.39 is 5.97 Å². The highest BCUT2D eigenvalue weighted by atomic mass is 16.5. The fraction of sp³-hybridized carbons (Fsp3) is 0.333. The molecular formula is C18H16N2O4. The number of carbonyl (C=O) groups excluding carboxylic acids is 3. The molecule has 4 rings (SSSR count). The fourth-order valence-corrected chi connectivity index (χ4v) is 3.95. The molecule has 2 bridgehead atoms. The van der Waals surface area contributed by atoms with Gasteiger partial charge < -0.3 is 4.74 Å². The molecule has 6 nitrogen and oxygen atoms in total. The first kappa shape index (κ1) is 14.8. The molecular weight excluding hydrogens is 308 g/mol. The van der Waals surface area contributed by atoms with Crippen LogP contribution in [0, 0.1) is 23.7 Å². The van der Waals surface area contributed by atoms with Crippen LogP contribution in [0.1, 0.15) is 18.9 Å². The van der Waals surface area contributed by atoms with Gasteiger partial charge in [-0.25, -0.2) is 0 Å². The number of allylic oxidation sites excluding steroid dienone is 2. The summed E-state index contributed by atoms with van der Waals surface area (Å²) in [7, 11) is 0. The van der Waals surface area contributed by atoms with Crippen LogP contribution in [0.4, 0.5) is 0 Å². The molecule has 0 aromatic heterocycles. The second kappa shape index (κ2) is 5.40. The van der Waals surface area contributed by atoms with Gasteiger partial charge in [0.1, 0.15) is 5.75 Å². The molecule has 2 amide bonds. The fourth-order valence-electron chi connectivity index (χ4n) is 3.95. The first-order valence-corrected chi connectivity index (χ1v) is 7.93. The van der Waals surface area contributed by atoms with E-state index >= 15 is 0 Å². The summed E-state index contributed by atoms with van der Waals surface area (Å²) in [6.07, 6.45) is 6.44. The van der Waals surface area contributed by atoms with Crippen LogP contribution in [-0.2, 0) is 14.4 Å². The molecule has 1 saturated carbocycles. The summed E-state index contributed by atoms with van der Waals surface area (Å²) in [6.45, 7) is 1.32. The SMILES string of the molecule is CC(=O)Oc1cccc(C=NN2C(=O)C3C4C=CC(C4)C3C2=O)c1. The van der Waals surface area contributed by atoms with Gasteiger partial charge in [-0.3, -0.25) is 14.4 Å². The summed E-state index contributed by atoms with van der Waals surface area (Å²) >= 11 is 0. The predicted octanol–water partition coefficient (Wildman–Crippen LogP) is 1.75. The Morgan fingerprint density at radius 2 is 1.88 bits per heavy atom. The number of hydrazone groups is 1. The third-order valence-electron chi connectivity index (χ3n) is 4.89. The zero-order chi connectivity index (χ0) is 16.8. The van der Waals surface area contributed by atoms with E-state index in [9.17, 15) is 14.4 Å². The van der Waals surface area contributed by atoms with Gasteiger partial charge in [-0.05, 0) is 36.0 Å². The zero-order valence-corrected chi connectivity index (χ0v) is 13.1. The molecule has 0 radical (unpaired) electrons. The van der Waals surface area contributed by atoms with Gasteiger partial charge in [-0.1, -0.05) is 24.3 Å². The van der Waals surface area contributed by atoms with Gasteiger partial charge in [0.05, 0.1) is 18.1 Å². The summed E-state index contributed by atoms with van der Waals surface area (Å²) in [4.78, 5) is 36.0. The number of hydrogen-bond acceptors (Lipinski definition) is 5. The van der Waals surface area contributed by atoms with Crippen LogP contribution < -0.4 is 4.74 Å². The number of ether oxygens (including phenoxy) is 1. The van der Waals surface area contributed by atoms with Crippen LogP contribution >= 0.6 is 0 Å². The van der Waals surface area contributed by atoms with Crippen LogP contribution in [-0.4, -0.2) is 29.0 Å². The highest BCUT2D eigenvalue weighted by molar-refractivity contribution is 6.06. The van der Waals surface area contributed by atoms with Crippen molar-refractivity contribution in [3.8, 4) is 5.75 Å². The normalized spacial score (nSPS) is 30.5. The summed E-state index contributed by atoms with van der Waals surface area (Å²) in [5, 5.41) is 5.10. The second-order valence-electron chi connectivity index (χ2n) is 6.40. The molecule has 4 unspecified atom stereocenters. The summed E-state index contributed by atoms with van der Waals surface area (Å²) in [5.41, 5.74) is 0.646. The van der Waals surface area contributed by atoms with Crippen molar-refractivity contribution >= 4 is 24.0 Å². The molecule has 2 aliphatic carbocycles. The number of imide groups is 1. The number of carbonyl (C=O) groups is 3. The Bertz CT molecular complexity index is 768. The smallest absolute Gasteiger partial charge is 0.308 e. The second-order valence-corrected chi connectivity index (χ2v) is 6.40. The minimum absolute atomic E-state index is 0.170. The predicted molar refractivity (Wildman–Crippen MR) is 84.9 cm³/mol. The highest BCUT2D eigenvalue weighted by Gasteiger charge is 2.59. The van der Waals surface area contributed by atoms with Crippen LogP contribution in [0.2, 0.25) is 0 Å². The molecule has 122 valence electrons. The molecule has 24 heavy (non-hydrogen) atoms. The van der Waals surface area contributed by atoms with E-state index in [0.717, 1.165) is 11.4 Å². The first-order chi connectivity index (χ1) is 11.5. The number of esters is 1. The number of amides is 2. The van der Waals surface area contributed by atoms with Crippen molar-refractivity contribution in [2.45, 2.75) is 13.3 Å². The third-order valence-corrected chi connectivity index (χ3v) is 4.89. The summed E-state index contributed by atoms with van der Waals surface area (Å²) < 4.78 is 5.01. The molecule has 1 heterocycles. The van der Waals surface area contributed by atoms with E-state index in [1.807, 2.05) is 12.2 Å². The Morgan fingerprint density at radius 3 is 2.50 bits per heavy atom. The van der Waals surface area contributed by atoms with Crippen molar-refractivity contribution in [2.75, 3.05) is 0 Å². The molecule has 0 spiro atoms. The van der Waals surface area contributed by atoms with Gasteiger partial charge in [0.25, 0.3) is 11.8 Å². The zero-order valence-electron chi connectivity index (χ0n) is 13.1. The molecule has 1 saturated heterocycles. The average Bonchev–Trinajstić information content (AvgIpc) is 3.20. The Hall–Kier alpha value is -2.76. The number of benzene rings is 1. The van der Waals surface area contributed by atoms with Crippen LogP contribution in [0.3, 0.4) is 0 Å². The topological polar surface area (TPSA) is 76.0 Å². The highest BCUT2D eigenvalue weighted by Crippen LogP contribution is 2.52. The summed E-state index contributed by atoms with van der Waals surface area (Å²) in [6, 6.07) is 6.75. The minimum atomic E-state index is -0.412. The Kier molecular flexibility index (Phi) is 3.33. The third kappa shape index (κ3) is 2.26. The summed E-state index contributed by atoms with van der Waals surface area (Å²) in [5.74, 6) is -0.611. The van der Waals surface area contributed by atoms with E-state index in [1.165, 1.54) is 13.1 Å². The molecule has 4 atom stereocenters. The molecule has 1 aliphatic heterocycles. The van der Waals surface area contributed by atoms with Gasteiger partial charge in [-0.2, -0.15) is 10.1 Å². The lowest BCUT2D eigenvalue weighted by Crippen LogP contribution is -2.28. The quantitative estimate of drug-likeness (QED) is 0.279. The maximum Gasteiger partial charge on any atom is 0.308 e. The Balaban J connectivity index is 1.54. The number of nitrogens with zero attached hydrogens (tertiary/aromatic N) is 2. The van der Waals surface area contributed by atoms with E-state index in [0.29, 0.717) is 11.3 Å². The monoisotopic (exact) mass is 324 g/mol. The molecule has 3 aliphatic rings. The largest absolute Gasteiger partial charge is 0.427 e. The molecule has 6 heteroatoms. The van der Waals surface area contributed by atoms with Crippen molar-refractivity contribution in [1.29, 1.82) is 0 Å². The van der Waals surface area contributed by atoms with Crippen molar-refractivity contribution in [3.63, 3.8) is 0 Å². The lowest BCUT2D eigenvalue weighted by Gasteiger charge is -2.13. The van der Waals surface area contributed by atoms with Gasteiger partial charge in [0, 0.05) is 6.92 Å². The Morgan fingerprint density at radius 1 is 1.21 bits per heavy atom. The Labute approximate surface area is 138 Å². The van der Waals surface area contributed by atoms with E-state index in [1.54, 1.807) is 24.3 Å². The maximum atomic E-state index is 12.5. The standard InChI is InChI=1S/C18H16N2O4/c1-10(21)24-14-4-2-3-11(7-14)9-19-20-17(22)15-12-5-6-13(8-12)16(15)18(20)23/h2-7,9,12-13,15-16H,8H2,1H3. The van der Waals surface area contributed by atoms with Gasteiger partial charge in [-0.15, -0.1) is 0 Å². The average molecular weight is 324 g/mol. The van der Waals surface area contributed by atoms with Gasteiger partial charge in [0.15, 0.2) is 0 Å². The number of hydrogen-bond donors (Lipinski definition) is 0. The van der Waals surface area contributed by atoms with Crippen LogP contribution in [0.15, 0.2) is 41.5 Å².